The van der Waals surface area contributed by atoms with E-state index >= 15 is 0 Å². The summed E-state index contributed by atoms with van der Waals surface area (Å²) in [5.41, 5.74) is 3.36. The third-order valence-corrected chi connectivity index (χ3v) is 5.13. The smallest absolute Gasteiger partial charge is 0.280 e. The molecular weight excluding hydrogens is 358 g/mol. The third kappa shape index (κ3) is 2.98. The molecule has 0 spiro atoms. The van der Waals surface area contributed by atoms with Gasteiger partial charge in [-0.15, -0.1) is 0 Å². The maximum atomic E-state index is 13.1. The molecule has 1 amide bonds. The highest BCUT2D eigenvalue weighted by atomic mass is 16.5. The van der Waals surface area contributed by atoms with Crippen LogP contribution in [-0.2, 0) is 0 Å². The van der Waals surface area contributed by atoms with Gasteiger partial charge in [0.05, 0.1) is 30.7 Å². The first kappa shape index (κ1) is 18.0. The van der Waals surface area contributed by atoms with E-state index in [0.29, 0.717) is 28.2 Å². The number of methoxy groups -OCH3 is 2. The molecule has 0 radical (unpaired) electrons. The molecule has 1 N–H and O–H groups in total. The van der Waals surface area contributed by atoms with Crippen LogP contribution in [0.25, 0.3) is 10.9 Å². The van der Waals surface area contributed by atoms with Crippen molar-refractivity contribution in [2.45, 2.75) is 25.2 Å². The van der Waals surface area contributed by atoms with E-state index in [2.05, 4.69) is 10.4 Å². The topological polar surface area (TPSA) is 82.5 Å². The van der Waals surface area contributed by atoms with E-state index in [1.54, 1.807) is 30.3 Å². The van der Waals surface area contributed by atoms with Gasteiger partial charge in [0.2, 0.25) is 0 Å². The molecule has 1 saturated carbocycles. The fraction of sp³-hybridized carbons (Fsp3) is 0.286. The molecule has 28 heavy (non-hydrogen) atoms. The predicted octanol–water partition coefficient (Wildman–Crippen LogP) is 3.07. The zero-order valence-electron chi connectivity index (χ0n) is 15.8. The fourth-order valence-corrected chi connectivity index (χ4v) is 3.43. The van der Waals surface area contributed by atoms with Gasteiger partial charge >= 0.3 is 0 Å². The van der Waals surface area contributed by atoms with Crippen molar-refractivity contribution in [3.05, 3.63) is 64.2 Å². The molecule has 1 aromatic heterocycles. The van der Waals surface area contributed by atoms with Crippen molar-refractivity contribution >= 4 is 16.8 Å². The van der Waals surface area contributed by atoms with E-state index in [1.165, 1.54) is 18.9 Å². The number of aromatic nitrogens is 2. The number of fused-ring (bicyclic) bond motifs is 1. The molecule has 3 aromatic rings. The first-order chi connectivity index (χ1) is 13.6. The summed E-state index contributed by atoms with van der Waals surface area (Å²) in [6.07, 6.45) is 2.98. The van der Waals surface area contributed by atoms with Crippen LogP contribution >= 0.6 is 0 Å². The van der Waals surface area contributed by atoms with E-state index in [4.69, 9.17) is 9.47 Å². The summed E-state index contributed by atoms with van der Waals surface area (Å²) in [6, 6.07) is 12.2. The molecule has 1 aliphatic carbocycles. The van der Waals surface area contributed by atoms with Crippen molar-refractivity contribution in [2.75, 3.05) is 19.6 Å². The van der Waals surface area contributed by atoms with Gasteiger partial charge in [0.25, 0.3) is 11.5 Å². The van der Waals surface area contributed by atoms with Gasteiger partial charge < -0.3 is 9.47 Å². The Morgan fingerprint density at radius 1 is 1.11 bits per heavy atom. The zero-order valence-corrected chi connectivity index (χ0v) is 15.8. The molecular formula is C21H21N3O4. The minimum atomic E-state index is -0.462. The molecule has 7 heteroatoms. The average Bonchev–Trinajstić information content (AvgIpc) is 2.68. The molecule has 1 heterocycles. The van der Waals surface area contributed by atoms with Crippen LogP contribution < -0.4 is 20.5 Å². The quantitative estimate of drug-likeness (QED) is 0.737. The first-order valence-corrected chi connectivity index (χ1v) is 9.18. The maximum absolute atomic E-state index is 13.1. The van der Waals surface area contributed by atoms with Crippen molar-refractivity contribution < 1.29 is 14.3 Å². The number of amides is 1. The lowest BCUT2D eigenvalue weighted by atomic mass is 9.84. The Hall–Kier alpha value is -3.35. The maximum Gasteiger partial charge on any atom is 0.280 e. The van der Waals surface area contributed by atoms with Crippen LogP contribution in [0.2, 0.25) is 0 Å². The Balaban J connectivity index is 1.80. The summed E-state index contributed by atoms with van der Waals surface area (Å²) >= 11 is 0. The highest BCUT2D eigenvalue weighted by Gasteiger charge is 2.27. The number of nitrogens with zero attached hydrogens (tertiary/aromatic N) is 2. The number of carbonyl (C=O) groups excluding carboxylic acids is 1. The molecule has 2 aromatic carbocycles. The molecule has 1 aliphatic rings. The van der Waals surface area contributed by atoms with E-state index in [-0.39, 0.29) is 17.0 Å². The Morgan fingerprint density at radius 3 is 2.57 bits per heavy atom. The van der Waals surface area contributed by atoms with Crippen molar-refractivity contribution in [1.82, 2.24) is 9.66 Å². The molecule has 144 valence electrons. The van der Waals surface area contributed by atoms with Crippen molar-refractivity contribution in [2.24, 2.45) is 0 Å². The minimum Gasteiger partial charge on any atom is -0.493 e. The van der Waals surface area contributed by atoms with Crippen LogP contribution in [0.5, 0.6) is 11.5 Å². The largest absolute Gasteiger partial charge is 0.493 e. The molecule has 7 nitrogen and oxygen atoms in total. The normalized spacial score (nSPS) is 13.8. The molecule has 0 atom stereocenters. The summed E-state index contributed by atoms with van der Waals surface area (Å²) < 4.78 is 11.9. The zero-order chi connectivity index (χ0) is 19.7. The second kappa shape index (κ2) is 7.34. The fourth-order valence-electron chi connectivity index (χ4n) is 3.43. The Labute approximate surface area is 161 Å². The van der Waals surface area contributed by atoms with E-state index in [9.17, 15) is 9.59 Å². The molecule has 0 saturated heterocycles. The van der Waals surface area contributed by atoms with Gasteiger partial charge in [-0.05, 0) is 37.1 Å². The van der Waals surface area contributed by atoms with Crippen molar-refractivity contribution in [3.63, 3.8) is 0 Å². The minimum absolute atomic E-state index is 0.157. The lowest BCUT2D eigenvalue weighted by molar-refractivity contribution is 0.100. The second-order valence-electron chi connectivity index (χ2n) is 6.74. The van der Waals surface area contributed by atoms with Gasteiger partial charge in [0, 0.05) is 5.92 Å². The second-order valence-corrected chi connectivity index (χ2v) is 6.74. The number of carbonyl (C=O) groups is 1. The SMILES string of the molecule is COc1cccc(C(=O)Nn2c(C3CCC3)nc3ccccc3c2=O)c1OC. The summed E-state index contributed by atoms with van der Waals surface area (Å²) in [5.74, 6) is 1.04. The van der Waals surface area contributed by atoms with Crippen LogP contribution in [0.15, 0.2) is 47.3 Å². The number of hydrogen-bond donors (Lipinski definition) is 1. The monoisotopic (exact) mass is 379 g/mol. The Bertz CT molecular complexity index is 1100. The molecule has 0 bridgehead atoms. The van der Waals surface area contributed by atoms with E-state index < -0.39 is 5.91 Å². The third-order valence-electron chi connectivity index (χ3n) is 5.13. The van der Waals surface area contributed by atoms with Gasteiger partial charge in [-0.1, -0.05) is 24.6 Å². The van der Waals surface area contributed by atoms with Crippen molar-refractivity contribution in [3.8, 4) is 11.5 Å². The van der Waals surface area contributed by atoms with Gasteiger partial charge in [-0.2, -0.15) is 0 Å². The number of ether oxygens (including phenoxy) is 2. The lowest BCUT2D eigenvalue weighted by Crippen LogP contribution is -2.38. The van der Waals surface area contributed by atoms with Crippen LogP contribution in [0, 0.1) is 0 Å². The highest BCUT2D eigenvalue weighted by molar-refractivity contribution is 6.03. The predicted molar refractivity (Wildman–Crippen MR) is 106 cm³/mol. The number of hydrogen-bond acceptors (Lipinski definition) is 5. The standard InChI is InChI=1S/C21H21N3O4/c1-27-17-12-6-10-15(18(17)28-2)20(25)23-24-19(13-7-5-8-13)22-16-11-4-3-9-14(16)21(24)26/h3-4,6,9-13H,5,7-8H2,1-2H3,(H,23,25). The van der Waals surface area contributed by atoms with E-state index in [1.807, 2.05) is 12.1 Å². The Morgan fingerprint density at radius 2 is 1.89 bits per heavy atom. The average molecular weight is 379 g/mol. The van der Waals surface area contributed by atoms with Gasteiger partial charge in [0.1, 0.15) is 5.82 Å². The Kier molecular flexibility index (Phi) is 4.73. The summed E-state index contributed by atoms with van der Waals surface area (Å²) in [6.45, 7) is 0. The summed E-state index contributed by atoms with van der Waals surface area (Å²) in [7, 11) is 2.98. The highest BCUT2D eigenvalue weighted by Crippen LogP contribution is 2.35. The summed E-state index contributed by atoms with van der Waals surface area (Å²) in [5, 5.41) is 0.462. The number of para-hydroxylation sites is 2. The molecule has 4 rings (SSSR count). The van der Waals surface area contributed by atoms with Gasteiger partial charge in [-0.3, -0.25) is 15.0 Å². The molecule has 0 aliphatic heterocycles. The molecule has 0 unspecified atom stereocenters. The molecule has 1 fully saturated rings. The van der Waals surface area contributed by atoms with Crippen LogP contribution in [0.4, 0.5) is 0 Å². The lowest BCUT2D eigenvalue weighted by Gasteiger charge is -2.27. The number of nitrogens with one attached hydrogen (secondary N) is 1. The number of rotatable bonds is 5. The van der Waals surface area contributed by atoms with Crippen LogP contribution in [0.3, 0.4) is 0 Å². The van der Waals surface area contributed by atoms with E-state index in [0.717, 1.165) is 19.3 Å². The van der Waals surface area contributed by atoms with Gasteiger partial charge in [0.15, 0.2) is 11.5 Å². The van der Waals surface area contributed by atoms with Crippen LogP contribution in [0.1, 0.15) is 41.4 Å². The number of benzene rings is 2. The van der Waals surface area contributed by atoms with Crippen molar-refractivity contribution in [1.29, 1.82) is 0 Å². The summed E-state index contributed by atoms with van der Waals surface area (Å²) in [4.78, 5) is 30.8. The van der Waals surface area contributed by atoms with Gasteiger partial charge in [-0.25, -0.2) is 9.66 Å². The first-order valence-electron chi connectivity index (χ1n) is 9.18. The van der Waals surface area contributed by atoms with Crippen LogP contribution in [-0.4, -0.2) is 29.8 Å².